The first-order valence-electron chi connectivity index (χ1n) is 8.18. The average Bonchev–Trinajstić information content (AvgIpc) is 2.52. The molecule has 4 bridgehead atoms. The fourth-order valence-corrected chi connectivity index (χ4v) is 3.21. The average molecular weight is 288 g/mol. The zero-order chi connectivity index (χ0) is 15.7. The van der Waals surface area contributed by atoms with Crippen molar-refractivity contribution in [3.8, 4) is 12.3 Å². The van der Waals surface area contributed by atoms with Crippen LogP contribution in [0.25, 0.3) is 0 Å². The van der Waals surface area contributed by atoms with E-state index in [1.807, 2.05) is 0 Å². The molecule has 0 aliphatic heterocycles. The highest BCUT2D eigenvalue weighted by atomic mass is 14.2. The summed E-state index contributed by atoms with van der Waals surface area (Å²) < 4.78 is 0. The van der Waals surface area contributed by atoms with Gasteiger partial charge in [0.05, 0.1) is 0 Å². The second-order valence-electron chi connectivity index (χ2n) is 7.38. The first kappa shape index (κ1) is 14.9. The minimum absolute atomic E-state index is 0.159. The third-order valence-corrected chi connectivity index (χ3v) is 4.70. The van der Waals surface area contributed by atoms with Crippen molar-refractivity contribution < 1.29 is 0 Å². The van der Waals surface area contributed by atoms with Gasteiger partial charge in [-0.25, -0.2) is 0 Å². The van der Waals surface area contributed by atoms with Gasteiger partial charge in [0.15, 0.2) is 0 Å². The van der Waals surface area contributed by atoms with E-state index in [0.29, 0.717) is 0 Å². The van der Waals surface area contributed by atoms with Crippen molar-refractivity contribution in [1.29, 1.82) is 0 Å². The van der Waals surface area contributed by atoms with Crippen molar-refractivity contribution in [2.75, 3.05) is 0 Å². The van der Waals surface area contributed by atoms with E-state index < -0.39 is 0 Å². The van der Waals surface area contributed by atoms with Crippen LogP contribution in [0.1, 0.15) is 54.2 Å². The molecule has 0 amide bonds. The molecule has 112 valence electrons. The van der Waals surface area contributed by atoms with Crippen molar-refractivity contribution in [3.05, 3.63) is 69.8 Å². The molecule has 22 heavy (non-hydrogen) atoms. The summed E-state index contributed by atoms with van der Waals surface area (Å²) in [7, 11) is 0. The van der Waals surface area contributed by atoms with E-state index >= 15 is 0 Å². The van der Waals surface area contributed by atoms with Crippen molar-refractivity contribution in [2.45, 2.75) is 51.9 Å². The van der Waals surface area contributed by atoms with Gasteiger partial charge in [-0.1, -0.05) is 63.1 Å². The van der Waals surface area contributed by atoms with E-state index in [9.17, 15) is 0 Å². The van der Waals surface area contributed by atoms with Gasteiger partial charge in [-0.15, -0.1) is 6.42 Å². The summed E-state index contributed by atoms with van der Waals surface area (Å²) in [6.45, 7) is 6.83. The summed E-state index contributed by atoms with van der Waals surface area (Å²) in [5.74, 6) is 2.97. The maximum Gasteiger partial charge on any atom is 0.0307 e. The van der Waals surface area contributed by atoms with E-state index in [0.717, 1.165) is 31.2 Å². The summed E-state index contributed by atoms with van der Waals surface area (Å²) in [4.78, 5) is 0. The molecule has 0 heterocycles. The number of fused-ring (bicyclic) bond motifs is 4. The van der Waals surface area contributed by atoms with Crippen LogP contribution in [0.3, 0.4) is 0 Å². The Morgan fingerprint density at radius 1 is 0.818 bits per heavy atom. The van der Waals surface area contributed by atoms with Gasteiger partial charge in [0.2, 0.25) is 0 Å². The van der Waals surface area contributed by atoms with Gasteiger partial charge >= 0.3 is 0 Å². The SMILES string of the molecule is C#Cc1c2cc(C(C)(C)C)cc1CCc1ccc(cc1)CC2. The van der Waals surface area contributed by atoms with Gasteiger partial charge in [-0.3, -0.25) is 0 Å². The Labute approximate surface area is 134 Å². The Hall–Kier alpha value is -2.00. The quantitative estimate of drug-likeness (QED) is 0.608. The number of aryl methyl sites for hydroxylation is 4. The third-order valence-electron chi connectivity index (χ3n) is 4.70. The van der Waals surface area contributed by atoms with Gasteiger partial charge in [-0.2, -0.15) is 0 Å². The maximum atomic E-state index is 5.86. The number of rotatable bonds is 0. The lowest BCUT2D eigenvalue weighted by Crippen LogP contribution is -2.14. The standard InChI is InChI=1S/C22H24/c1-5-21-18-12-10-16-6-7-17(9-8-16)11-13-19(21)15-20(14-18)22(2,3)4/h1,6-9,14-15H,10-13H2,2-4H3. The fourth-order valence-electron chi connectivity index (χ4n) is 3.21. The molecule has 0 saturated heterocycles. The van der Waals surface area contributed by atoms with E-state index in [1.165, 1.54) is 27.8 Å². The predicted molar refractivity (Wildman–Crippen MR) is 94.3 cm³/mol. The zero-order valence-electron chi connectivity index (χ0n) is 13.9. The van der Waals surface area contributed by atoms with E-state index in [4.69, 9.17) is 6.42 Å². The molecule has 2 aromatic rings. The molecule has 0 aromatic heterocycles. The molecule has 0 spiro atoms. The van der Waals surface area contributed by atoms with E-state index in [1.54, 1.807) is 0 Å². The van der Waals surface area contributed by atoms with Crippen LogP contribution in [0.4, 0.5) is 0 Å². The second kappa shape index (κ2) is 5.65. The van der Waals surface area contributed by atoms with Crippen molar-refractivity contribution in [1.82, 2.24) is 0 Å². The summed E-state index contributed by atoms with van der Waals surface area (Å²) in [5.41, 5.74) is 8.18. The van der Waals surface area contributed by atoms with Crippen LogP contribution in [0.2, 0.25) is 0 Å². The van der Waals surface area contributed by atoms with Crippen LogP contribution < -0.4 is 0 Å². The molecular formula is C22H24. The Morgan fingerprint density at radius 3 is 1.64 bits per heavy atom. The Kier molecular flexibility index (Phi) is 3.83. The zero-order valence-corrected chi connectivity index (χ0v) is 13.9. The summed E-state index contributed by atoms with van der Waals surface area (Å²) >= 11 is 0. The highest BCUT2D eigenvalue weighted by Gasteiger charge is 2.18. The Morgan fingerprint density at radius 2 is 1.27 bits per heavy atom. The normalized spacial score (nSPS) is 14.3. The fraction of sp³-hybridized carbons (Fsp3) is 0.364. The van der Waals surface area contributed by atoms with Crippen LogP contribution in [0, 0.1) is 12.3 Å². The minimum Gasteiger partial charge on any atom is -0.115 e. The van der Waals surface area contributed by atoms with Crippen LogP contribution in [-0.2, 0) is 31.1 Å². The molecule has 0 atom stereocenters. The molecule has 0 N–H and O–H groups in total. The molecule has 2 aliphatic carbocycles. The van der Waals surface area contributed by atoms with E-state index in [-0.39, 0.29) is 5.41 Å². The molecule has 0 fully saturated rings. The number of hydrogen-bond acceptors (Lipinski definition) is 0. The van der Waals surface area contributed by atoms with E-state index in [2.05, 4.69) is 63.1 Å². The molecule has 0 unspecified atom stereocenters. The molecular weight excluding hydrogens is 264 g/mol. The number of hydrogen-bond donors (Lipinski definition) is 0. The predicted octanol–water partition coefficient (Wildman–Crippen LogP) is 4.85. The van der Waals surface area contributed by atoms with Gasteiger partial charge in [0.25, 0.3) is 0 Å². The molecule has 0 radical (unpaired) electrons. The van der Waals surface area contributed by atoms with Crippen LogP contribution >= 0.6 is 0 Å². The summed E-state index contributed by atoms with van der Waals surface area (Å²) in [5, 5.41) is 0. The van der Waals surface area contributed by atoms with Crippen LogP contribution in [-0.4, -0.2) is 0 Å². The van der Waals surface area contributed by atoms with Gasteiger partial charge < -0.3 is 0 Å². The van der Waals surface area contributed by atoms with Crippen molar-refractivity contribution in [2.24, 2.45) is 0 Å². The summed E-state index contributed by atoms with van der Waals surface area (Å²) in [6.07, 6.45) is 10.0. The first-order chi connectivity index (χ1) is 10.5. The van der Waals surface area contributed by atoms with Gasteiger partial charge in [0.1, 0.15) is 0 Å². The molecule has 0 nitrogen and oxygen atoms in total. The lowest BCUT2D eigenvalue weighted by atomic mass is 9.82. The lowest BCUT2D eigenvalue weighted by molar-refractivity contribution is 0.588. The highest BCUT2D eigenvalue weighted by molar-refractivity contribution is 5.51. The topological polar surface area (TPSA) is 0 Å². The van der Waals surface area contributed by atoms with Crippen LogP contribution in [0.5, 0.6) is 0 Å². The smallest absolute Gasteiger partial charge is 0.0307 e. The highest BCUT2D eigenvalue weighted by Crippen LogP contribution is 2.29. The largest absolute Gasteiger partial charge is 0.115 e. The Balaban J connectivity index is 2.14. The molecule has 2 aliphatic rings. The number of terminal acetylenes is 1. The number of benzene rings is 2. The lowest BCUT2D eigenvalue weighted by Gasteiger charge is -2.23. The molecule has 2 aromatic carbocycles. The summed E-state index contributed by atoms with van der Waals surface area (Å²) in [6, 6.07) is 13.7. The third kappa shape index (κ3) is 2.95. The molecule has 0 heteroatoms. The second-order valence-corrected chi connectivity index (χ2v) is 7.38. The van der Waals surface area contributed by atoms with Crippen LogP contribution in [0.15, 0.2) is 36.4 Å². The first-order valence-corrected chi connectivity index (χ1v) is 8.18. The van der Waals surface area contributed by atoms with Crippen molar-refractivity contribution >= 4 is 0 Å². The molecule has 0 saturated carbocycles. The minimum atomic E-state index is 0.159. The van der Waals surface area contributed by atoms with Gasteiger partial charge in [-0.05, 0) is 58.9 Å². The Bertz CT molecular complexity index is 670. The monoisotopic (exact) mass is 288 g/mol. The van der Waals surface area contributed by atoms with Crippen molar-refractivity contribution in [3.63, 3.8) is 0 Å². The van der Waals surface area contributed by atoms with Gasteiger partial charge in [0, 0.05) is 5.56 Å². The maximum absolute atomic E-state index is 5.86. The molecule has 4 rings (SSSR count).